The van der Waals surface area contributed by atoms with Crippen LogP contribution in [0.2, 0.25) is 0 Å². The predicted molar refractivity (Wildman–Crippen MR) is 256 cm³/mol. The first kappa shape index (κ1) is 33.7. The Bertz CT molecular complexity index is 3950. The molecule has 0 unspecified atom stereocenters. The van der Waals surface area contributed by atoms with Gasteiger partial charge in [-0.2, -0.15) is 0 Å². The number of nitrogens with zero attached hydrogens (tertiary/aromatic N) is 3. The van der Waals surface area contributed by atoms with Crippen molar-refractivity contribution >= 4 is 86.8 Å². The maximum Gasteiger partial charge on any atom is 0.263 e. The second-order valence-corrected chi connectivity index (χ2v) is 16.0. The summed E-state index contributed by atoms with van der Waals surface area (Å²) in [7, 11) is 0. The minimum absolute atomic E-state index is 0.0215. The van der Waals surface area contributed by atoms with Gasteiger partial charge >= 0.3 is 0 Å². The molecule has 3 heterocycles. The van der Waals surface area contributed by atoms with E-state index in [-0.39, 0.29) is 5.56 Å². The average molecular weight is 778 g/mol. The highest BCUT2D eigenvalue weighted by Crippen LogP contribution is 2.46. The van der Waals surface area contributed by atoms with Gasteiger partial charge in [0, 0.05) is 54.5 Å². The fourth-order valence-corrected chi connectivity index (χ4v) is 10.3. The molecule has 3 aromatic heterocycles. The Labute approximate surface area is 350 Å². The summed E-state index contributed by atoms with van der Waals surface area (Å²) in [4.78, 5) is 14.8. The summed E-state index contributed by atoms with van der Waals surface area (Å²) >= 11 is 0. The van der Waals surface area contributed by atoms with Crippen molar-refractivity contribution in [3.8, 4) is 28.2 Å². The van der Waals surface area contributed by atoms with Crippen LogP contribution >= 0.6 is 0 Å². The number of hydrogen-bond donors (Lipinski definition) is 0. The molecule has 284 valence electrons. The van der Waals surface area contributed by atoms with Gasteiger partial charge in [0.15, 0.2) is 0 Å². The standard InChI is InChI=1S/C57H35N3O/c61-57-48-28-12-7-21-39(48)40-22-13-16-30-51(40)60(57)54-44-26-10-8-24-42(44)53(43-25-9-11-27-45(43)54)36-31-34-52-49(35-36)47-33-32-46-41-23-14-15-29-50(41)58(37-17-3-1-4-18-37)55(46)56(47)59(52)38-19-5-2-6-20-38/h1-35H. The largest absolute Gasteiger partial charge is 0.307 e. The van der Waals surface area contributed by atoms with Crippen molar-refractivity contribution in [2.75, 3.05) is 0 Å². The Morgan fingerprint density at radius 1 is 0.279 bits per heavy atom. The molecule has 4 nitrogen and oxygen atoms in total. The van der Waals surface area contributed by atoms with Crippen LogP contribution in [-0.4, -0.2) is 13.7 Å². The van der Waals surface area contributed by atoms with Gasteiger partial charge < -0.3 is 9.13 Å². The minimum atomic E-state index is -0.0215. The minimum Gasteiger partial charge on any atom is -0.307 e. The third-order valence-electron chi connectivity index (χ3n) is 12.8. The molecular weight excluding hydrogens is 743 g/mol. The lowest BCUT2D eigenvalue weighted by atomic mass is 9.89. The van der Waals surface area contributed by atoms with Crippen molar-refractivity contribution in [2.24, 2.45) is 0 Å². The van der Waals surface area contributed by atoms with E-state index in [0.717, 1.165) is 71.5 Å². The van der Waals surface area contributed by atoms with Crippen molar-refractivity contribution in [3.63, 3.8) is 0 Å². The Kier molecular flexibility index (Phi) is 7.13. The van der Waals surface area contributed by atoms with Crippen LogP contribution < -0.4 is 5.56 Å². The Morgan fingerprint density at radius 2 is 0.689 bits per heavy atom. The number of rotatable bonds is 4. The average Bonchev–Trinajstić information content (AvgIpc) is 3.85. The third kappa shape index (κ3) is 4.73. The number of aromatic nitrogens is 3. The molecule has 4 heteroatoms. The molecule has 61 heavy (non-hydrogen) atoms. The van der Waals surface area contributed by atoms with Crippen LogP contribution in [0.3, 0.4) is 0 Å². The molecule has 0 aliphatic carbocycles. The zero-order valence-corrected chi connectivity index (χ0v) is 33.0. The summed E-state index contributed by atoms with van der Waals surface area (Å²) in [5.74, 6) is 0. The maximum absolute atomic E-state index is 14.8. The number of pyridine rings is 1. The van der Waals surface area contributed by atoms with E-state index in [1.165, 1.54) is 38.1 Å². The third-order valence-corrected chi connectivity index (χ3v) is 12.8. The van der Waals surface area contributed by atoms with Gasteiger partial charge in [0.1, 0.15) is 0 Å². The number of hydrogen-bond acceptors (Lipinski definition) is 1. The van der Waals surface area contributed by atoms with Crippen molar-refractivity contribution in [3.05, 3.63) is 223 Å². The monoisotopic (exact) mass is 777 g/mol. The molecule has 0 spiro atoms. The van der Waals surface area contributed by atoms with E-state index >= 15 is 0 Å². The van der Waals surface area contributed by atoms with Gasteiger partial charge in [0.05, 0.1) is 33.3 Å². The number of benzene rings is 10. The quantitative estimate of drug-likeness (QED) is 0.129. The first-order chi connectivity index (χ1) is 30.2. The van der Waals surface area contributed by atoms with Crippen molar-refractivity contribution in [1.82, 2.24) is 13.7 Å². The molecular formula is C57H35N3O. The summed E-state index contributed by atoms with van der Waals surface area (Å²) in [6.07, 6.45) is 0. The molecule has 0 aliphatic rings. The lowest BCUT2D eigenvalue weighted by Gasteiger charge is -2.21. The van der Waals surface area contributed by atoms with Crippen molar-refractivity contribution < 1.29 is 0 Å². The van der Waals surface area contributed by atoms with E-state index < -0.39 is 0 Å². The first-order valence-corrected chi connectivity index (χ1v) is 20.8. The molecule has 13 aromatic rings. The Balaban J connectivity index is 1.16. The summed E-state index contributed by atoms with van der Waals surface area (Å²) in [6, 6.07) is 75.3. The van der Waals surface area contributed by atoms with Gasteiger partial charge in [0.25, 0.3) is 5.56 Å². The zero-order chi connectivity index (χ0) is 40.2. The van der Waals surface area contributed by atoms with Gasteiger partial charge in [-0.1, -0.05) is 158 Å². The highest BCUT2D eigenvalue weighted by atomic mass is 16.1. The van der Waals surface area contributed by atoms with E-state index in [2.05, 4.69) is 197 Å². The van der Waals surface area contributed by atoms with E-state index in [9.17, 15) is 4.79 Å². The molecule has 0 fully saturated rings. The van der Waals surface area contributed by atoms with Gasteiger partial charge in [-0.15, -0.1) is 0 Å². The normalized spacial score (nSPS) is 12.0. The number of fused-ring (bicyclic) bond motifs is 12. The highest BCUT2D eigenvalue weighted by Gasteiger charge is 2.24. The van der Waals surface area contributed by atoms with E-state index in [1.54, 1.807) is 0 Å². The van der Waals surface area contributed by atoms with Crippen LogP contribution in [0.25, 0.3) is 115 Å². The smallest absolute Gasteiger partial charge is 0.263 e. The first-order valence-electron chi connectivity index (χ1n) is 20.8. The van der Waals surface area contributed by atoms with Gasteiger partial charge in [-0.25, -0.2) is 0 Å². The fourth-order valence-electron chi connectivity index (χ4n) is 10.3. The molecule has 0 N–H and O–H groups in total. The highest BCUT2D eigenvalue weighted by molar-refractivity contribution is 6.25. The molecule has 0 aliphatic heterocycles. The lowest BCUT2D eigenvalue weighted by Crippen LogP contribution is -2.20. The summed E-state index contributed by atoms with van der Waals surface area (Å²) in [6.45, 7) is 0. The number of para-hydroxylation sites is 4. The molecule has 10 aromatic carbocycles. The van der Waals surface area contributed by atoms with Crippen LogP contribution in [-0.2, 0) is 0 Å². The van der Waals surface area contributed by atoms with Crippen LogP contribution in [0.15, 0.2) is 217 Å². The Hall–Kier alpha value is -8.21. The molecule has 0 bridgehead atoms. The maximum atomic E-state index is 14.8. The van der Waals surface area contributed by atoms with Gasteiger partial charge in [-0.3, -0.25) is 9.36 Å². The van der Waals surface area contributed by atoms with Crippen molar-refractivity contribution in [1.29, 1.82) is 0 Å². The molecule has 0 amide bonds. The van der Waals surface area contributed by atoms with Gasteiger partial charge in [-0.05, 0) is 81.9 Å². The predicted octanol–water partition coefficient (Wildman–Crippen LogP) is 14.3. The van der Waals surface area contributed by atoms with Crippen LogP contribution in [0.4, 0.5) is 0 Å². The second kappa shape index (κ2) is 12.9. The molecule has 0 saturated heterocycles. The molecule has 0 saturated carbocycles. The molecule has 0 radical (unpaired) electrons. The molecule has 0 atom stereocenters. The van der Waals surface area contributed by atoms with Crippen LogP contribution in [0, 0.1) is 0 Å². The zero-order valence-electron chi connectivity index (χ0n) is 33.0. The lowest BCUT2D eigenvalue weighted by molar-refractivity contribution is 1.08. The van der Waals surface area contributed by atoms with Crippen LogP contribution in [0.5, 0.6) is 0 Å². The van der Waals surface area contributed by atoms with E-state index in [1.807, 2.05) is 28.8 Å². The summed E-state index contributed by atoms with van der Waals surface area (Å²) < 4.78 is 6.84. The molecule has 13 rings (SSSR count). The summed E-state index contributed by atoms with van der Waals surface area (Å²) in [5, 5.41) is 11.8. The van der Waals surface area contributed by atoms with E-state index in [0.29, 0.717) is 5.39 Å². The summed E-state index contributed by atoms with van der Waals surface area (Å²) in [5.41, 5.74) is 11.0. The van der Waals surface area contributed by atoms with E-state index in [4.69, 9.17) is 0 Å². The second-order valence-electron chi connectivity index (χ2n) is 16.0. The fraction of sp³-hybridized carbons (Fsp3) is 0. The van der Waals surface area contributed by atoms with Crippen molar-refractivity contribution in [2.45, 2.75) is 0 Å². The topological polar surface area (TPSA) is 31.9 Å². The Morgan fingerprint density at radius 3 is 1.26 bits per heavy atom. The van der Waals surface area contributed by atoms with Crippen LogP contribution in [0.1, 0.15) is 0 Å². The van der Waals surface area contributed by atoms with Gasteiger partial charge in [0.2, 0.25) is 0 Å². The SMILES string of the molecule is O=c1c2ccccc2c2ccccc2n1-c1c2ccccc2c(-c2ccc3c(c2)c2ccc4c5ccccc5n(-c5ccccc5)c4c2n3-c2ccccc2)c2ccccc12.